The van der Waals surface area contributed by atoms with Gasteiger partial charge in [0.05, 0.1) is 27.7 Å². The molecule has 0 bridgehead atoms. The molecule has 0 nitrogen and oxygen atoms in total. The number of hydrogen-bond donors (Lipinski definition) is 0. The molecule has 0 aromatic heterocycles. The summed E-state index contributed by atoms with van der Waals surface area (Å²) in [6.07, 6.45) is 0. The lowest BCUT2D eigenvalue weighted by Gasteiger charge is -1.92. The summed E-state index contributed by atoms with van der Waals surface area (Å²) in [5, 5.41) is 2.62. The molecule has 0 heteroatoms. The maximum atomic E-state index is 3.25. The van der Waals surface area contributed by atoms with Crippen LogP contribution in [-0.2, 0) is 0 Å². The molecule has 3 aromatic rings. The van der Waals surface area contributed by atoms with Gasteiger partial charge in [0.1, 0.15) is 0 Å². The van der Waals surface area contributed by atoms with Gasteiger partial charge in [0.25, 0.3) is 0 Å². The molecule has 0 atom stereocenters. The second-order valence-corrected chi connectivity index (χ2v) is 6.97. The molecule has 0 unspecified atom stereocenters. The van der Waals surface area contributed by atoms with E-state index in [1.54, 1.807) is 13.8 Å². The van der Waals surface area contributed by atoms with E-state index in [1.165, 1.54) is 10.8 Å². The first-order chi connectivity index (χ1) is 13.4. The van der Waals surface area contributed by atoms with Crippen molar-refractivity contribution >= 4 is 10.8 Å². The fourth-order valence-corrected chi connectivity index (χ4v) is 1.52. The quantitative estimate of drug-likeness (QED) is 0.340. The Morgan fingerprint density at radius 2 is 0.536 bits per heavy atom. The van der Waals surface area contributed by atoms with Crippen LogP contribution in [0.25, 0.3) is 10.8 Å². The van der Waals surface area contributed by atoms with Crippen LogP contribution in [0.2, 0.25) is 0 Å². The molecule has 0 aliphatic heterocycles. The Labute approximate surface area is 177 Å². The smallest absolute Gasteiger partial charge is 0.0630 e. The van der Waals surface area contributed by atoms with Crippen LogP contribution in [0.3, 0.4) is 0 Å². The van der Waals surface area contributed by atoms with Crippen LogP contribution in [0, 0.1) is 25.7 Å². The maximum Gasteiger partial charge on any atom is 0.0746 e. The minimum Gasteiger partial charge on any atom is -0.0630 e. The Morgan fingerprint density at radius 1 is 0.393 bits per heavy atom. The Hall–Kier alpha value is -2.34. The molecule has 28 heavy (non-hydrogen) atoms. The second-order valence-electron chi connectivity index (χ2n) is 6.97. The van der Waals surface area contributed by atoms with E-state index in [0.29, 0.717) is 0 Å². The van der Waals surface area contributed by atoms with E-state index in [9.17, 15) is 0 Å². The first kappa shape index (κ1) is 30.4. The lowest BCUT2D eigenvalue weighted by Crippen LogP contribution is -1.67. The normalized spacial score (nSPS) is 8.21. The van der Waals surface area contributed by atoms with E-state index < -0.39 is 0 Å². The summed E-state index contributed by atoms with van der Waals surface area (Å²) in [5.74, 6) is 1.67. The van der Waals surface area contributed by atoms with Gasteiger partial charge in [0.2, 0.25) is 0 Å². The van der Waals surface area contributed by atoms with Gasteiger partial charge >= 0.3 is 0 Å². The van der Waals surface area contributed by atoms with Gasteiger partial charge in [-0.15, -0.1) is 0 Å². The first-order valence-corrected chi connectivity index (χ1v) is 10.3. The van der Waals surface area contributed by atoms with Gasteiger partial charge in [-0.2, -0.15) is 0 Å². The summed E-state index contributed by atoms with van der Waals surface area (Å²) in [7, 11) is 0. The average molecular weight is 381 g/mol. The average Bonchev–Trinajstić information content (AvgIpc) is 2.72. The molecule has 0 amide bonds. The molecular formula is C28H44+2. The summed E-state index contributed by atoms with van der Waals surface area (Å²) < 4.78 is 0. The lowest BCUT2D eigenvalue weighted by atomic mass is 10.1. The predicted octanol–water partition coefficient (Wildman–Crippen LogP) is 9.53. The molecule has 3 aromatic carbocycles. The molecule has 0 fully saturated rings. The topological polar surface area (TPSA) is 0 Å². The molecular weight excluding hydrogens is 336 g/mol. The van der Waals surface area contributed by atoms with Crippen molar-refractivity contribution in [3.63, 3.8) is 0 Å². The molecule has 3 rings (SSSR count). The molecule has 0 spiro atoms. The molecule has 0 aliphatic carbocycles. The number of hydrogen-bond acceptors (Lipinski definition) is 0. The van der Waals surface area contributed by atoms with Gasteiger partial charge in [-0.05, 0) is 22.6 Å². The highest BCUT2D eigenvalue weighted by Gasteiger charge is 1.85. The summed E-state index contributed by atoms with van der Waals surface area (Å²) in [4.78, 5) is 0. The number of rotatable bonds is 0. The van der Waals surface area contributed by atoms with Crippen LogP contribution in [0.15, 0.2) is 84.9 Å². The first-order valence-electron chi connectivity index (χ1n) is 10.3. The fraction of sp³-hybridized carbons (Fsp3) is 0.357. The summed E-state index contributed by atoms with van der Waals surface area (Å²) in [5.41, 5.74) is 0. The molecule has 0 saturated carbocycles. The zero-order chi connectivity index (χ0) is 22.2. The van der Waals surface area contributed by atoms with Gasteiger partial charge in [0, 0.05) is 0 Å². The Morgan fingerprint density at radius 3 is 0.679 bits per heavy atom. The van der Waals surface area contributed by atoms with Crippen molar-refractivity contribution in [2.75, 3.05) is 0 Å². The van der Waals surface area contributed by atoms with Gasteiger partial charge < -0.3 is 0 Å². The highest BCUT2D eigenvalue weighted by atomic mass is 13.9. The molecule has 154 valence electrons. The van der Waals surface area contributed by atoms with Gasteiger partial charge in [-0.1, -0.05) is 126 Å². The molecule has 0 N–H and O–H groups in total. The van der Waals surface area contributed by atoms with Crippen molar-refractivity contribution in [1.82, 2.24) is 0 Å². The van der Waals surface area contributed by atoms with Crippen LogP contribution in [0.4, 0.5) is 0 Å². The Bertz CT molecular complexity index is 505. The van der Waals surface area contributed by atoms with Crippen molar-refractivity contribution in [3.8, 4) is 0 Å². The lowest BCUT2D eigenvalue weighted by molar-refractivity contribution is 0.736. The SMILES string of the molecule is CC(C)C.CC(C)C.[CH2+]C.[CH2+]C.c1ccc2ccccc2c1.c1ccccc1. The zero-order valence-electron chi connectivity index (χ0n) is 19.7. The third-order valence-corrected chi connectivity index (χ3v) is 2.33. The van der Waals surface area contributed by atoms with Crippen molar-refractivity contribution in [3.05, 3.63) is 98.8 Å². The van der Waals surface area contributed by atoms with E-state index >= 15 is 0 Å². The maximum absolute atomic E-state index is 3.25. The van der Waals surface area contributed by atoms with Gasteiger partial charge in [-0.3, -0.25) is 0 Å². The zero-order valence-corrected chi connectivity index (χ0v) is 19.7. The van der Waals surface area contributed by atoms with E-state index in [0.717, 1.165) is 11.8 Å². The van der Waals surface area contributed by atoms with Gasteiger partial charge in [0.15, 0.2) is 0 Å². The van der Waals surface area contributed by atoms with Crippen molar-refractivity contribution in [2.45, 2.75) is 55.4 Å². The van der Waals surface area contributed by atoms with E-state index in [-0.39, 0.29) is 0 Å². The third kappa shape index (κ3) is 25.9. The van der Waals surface area contributed by atoms with Crippen molar-refractivity contribution in [1.29, 1.82) is 0 Å². The summed E-state index contributed by atoms with van der Waals surface area (Å²) >= 11 is 0. The van der Waals surface area contributed by atoms with E-state index in [1.807, 2.05) is 36.4 Å². The van der Waals surface area contributed by atoms with Crippen molar-refractivity contribution < 1.29 is 0 Å². The monoisotopic (exact) mass is 380 g/mol. The van der Waals surface area contributed by atoms with Crippen molar-refractivity contribution in [2.24, 2.45) is 11.8 Å². The van der Waals surface area contributed by atoms with Crippen LogP contribution in [-0.4, -0.2) is 0 Å². The molecule has 0 heterocycles. The second kappa shape index (κ2) is 24.7. The molecule has 0 radical (unpaired) electrons. The Kier molecular flexibility index (Phi) is 26.8. The highest BCUT2D eigenvalue weighted by molar-refractivity contribution is 5.81. The highest BCUT2D eigenvalue weighted by Crippen LogP contribution is 2.11. The van der Waals surface area contributed by atoms with Gasteiger partial charge in [-0.25, -0.2) is 0 Å². The molecule has 0 aliphatic rings. The van der Waals surface area contributed by atoms with E-state index in [4.69, 9.17) is 0 Å². The number of fused-ring (bicyclic) bond motifs is 1. The Balaban J connectivity index is -0.000000303. The third-order valence-electron chi connectivity index (χ3n) is 2.33. The standard InChI is InChI=1S/C10H8.C6H6.2C4H10.2C2H5/c1-2-6-10-8-4-3-7-9(10)5-1;1-2-4-6-5-3-1;2*1-4(2)3;2*1-2/h1-8H;1-6H;2*4H,1-3H3;2*1H2,2H3/q;;;;2*+1. The van der Waals surface area contributed by atoms with Crippen LogP contribution < -0.4 is 0 Å². The predicted molar refractivity (Wildman–Crippen MR) is 133 cm³/mol. The summed E-state index contributed by atoms with van der Waals surface area (Å²) in [6, 6.07) is 28.7. The minimum absolute atomic E-state index is 0.833. The molecule has 0 saturated heterocycles. The van der Waals surface area contributed by atoms with Crippen LogP contribution in [0.1, 0.15) is 55.4 Å². The largest absolute Gasteiger partial charge is 0.0746 e. The van der Waals surface area contributed by atoms with Crippen LogP contribution >= 0.6 is 0 Å². The minimum atomic E-state index is 0.833. The fourth-order valence-electron chi connectivity index (χ4n) is 1.52. The van der Waals surface area contributed by atoms with Crippen LogP contribution in [0.5, 0.6) is 0 Å². The summed E-state index contributed by atoms with van der Waals surface area (Å²) in [6.45, 7) is 23.0. The number of benzene rings is 3. The van der Waals surface area contributed by atoms with E-state index in [2.05, 4.69) is 104 Å².